The first kappa shape index (κ1) is 9.92. The molecule has 0 aliphatic heterocycles. The van der Waals surface area contributed by atoms with E-state index in [9.17, 15) is 9.59 Å². The van der Waals surface area contributed by atoms with Gasteiger partial charge in [0.25, 0.3) is 0 Å². The van der Waals surface area contributed by atoms with Crippen molar-refractivity contribution in [2.75, 3.05) is 0 Å². The molecule has 0 amide bonds. The molecule has 2 aromatic heterocycles. The average molecular weight is 222 g/mol. The van der Waals surface area contributed by atoms with E-state index < -0.39 is 11.0 Å². The second kappa shape index (κ2) is 4.27. The summed E-state index contributed by atoms with van der Waals surface area (Å²) in [5.41, 5.74) is 0.904. The summed E-state index contributed by atoms with van der Waals surface area (Å²) in [6.07, 6.45) is 1.59. The number of H-pyrrole nitrogens is 2. The van der Waals surface area contributed by atoms with Gasteiger partial charge in [0.15, 0.2) is 0 Å². The Bertz CT molecular complexity index is 539. The van der Waals surface area contributed by atoms with Crippen LogP contribution in [0.1, 0.15) is 11.3 Å². The Morgan fingerprint density at radius 2 is 2.07 bits per heavy atom. The van der Waals surface area contributed by atoms with Crippen molar-refractivity contribution >= 4 is 11.3 Å². The van der Waals surface area contributed by atoms with Crippen LogP contribution in [0, 0.1) is 0 Å². The largest absolute Gasteiger partial charge is 0.310 e. The summed E-state index contributed by atoms with van der Waals surface area (Å²) in [7, 11) is 0. The highest BCUT2D eigenvalue weighted by atomic mass is 32.1. The highest BCUT2D eigenvalue weighted by molar-refractivity contribution is 7.07. The summed E-state index contributed by atoms with van der Waals surface area (Å²) in [6.45, 7) is 0. The minimum atomic E-state index is -0.603. The number of aromatic nitrogens is 2. The first-order chi connectivity index (χ1) is 7.25. The van der Waals surface area contributed by atoms with Gasteiger partial charge in [0.2, 0.25) is 5.43 Å². The Kier molecular flexibility index (Phi) is 2.82. The van der Waals surface area contributed by atoms with E-state index in [4.69, 9.17) is 0 Å². The zero-order valence-electron chi connectivity index (χ0n) is 7.95. The molecule has 0 saturated carbocycles. The Morgan fingerprint density at radius 3 is 2.73 bits per heavy atom. The van der Waals surface area contributed by atoms with E-state index in [1.807, 2.05) is 5.38 Å². The molecule has 0 radical (unpaired) electrons. The molecule has 78 valence electrons. The van der Waals surface area contributed by atoms with Crippen molar-refractivity contribution in [1.29, 1.82) is 0 Å². The van der Waals surface area contributed by atoms with Crippen LogP contribution in [-0.4, -0.2) is 10.2 Å². The topological polar surface area (TPSA) is 65.7 Å². The summed E-state index contributed by atoms with van der Waals surface area (Å²) in [5, 5.41) is 9.11. The molecule has 0 aromatic carbocycles. The van der Waals surface area contributed by atoms with Crippen molar-refractivity contribution in [1.82, 2.24) is 10.2 Å². The molecule has 4 nitrogen and oxygen atoms in total. The number of aromatic amines is 2. The first-order valence-corrected chi connectivity index (χ1v) is 5.52. The average Bonchev–Trinajstić information content (AvgIpc) is 2.73. The number of hydrogen-bond acceptors (Lipinski definition) is 3. The van der Waals surface area contributed by atoms with E-state index >= 15 is 0 Å². The van der Waals surface area contributed by atoms with Gasteiger partial charge in [-0.2, -0.15) is 11.3 Å². The maximum atomic E-state index is 11.0. The molecule has 2 heterocycles. The standard InChI is InChI=1S/C10H10N2O2S/c13-9-5-8(11-12-10(9)14)2-1-7-3-4-15-6-7/h3-6H,1-2H2,(H,11,13)(H,12,14). The fourth-order valence-corrected chi connectivity index (χ4v) is 2.01. The Morgan fingerprint density at radius 1 is 1.20 bits per heavy atom. The molecule has 0 aliphatic rings. The second-order valence-corrected chi connectivity index (χ2v) is 4.02. The smallest absolute Gasteiger partial charge is 0.302 e. The van der Waals surface area contributed by atoms with E-state index in [0.29, 0.717) is 0 Å². The van der Waals surface area contributed by atoms with Gasteiger partial charge < -0.3 is 5.10 Å². The molecule has 0 aliphatic carbocycles. The maximum Gasteiger partial charge on any atom is 0.310 e. The van der Waals surface area contributed by atoms with Crippen LogP contribution >= 0.6 is 11.3 Å². The molecule has 0 saturated heterocycles. The Labute approximate surface area is 89.6 Å². The van der Waals surface area contributed by atoms with Gasteiger partial charge in [0.1, 0.15) is 0 Å². The maximum absolute atomic E-state index is 11.0. The van der Waals surface area contributed by atoms with Crippen LogP contribution in [-0.2, 0) is 12.8 Å². The molecule has 0 atom stereocenters. The lowest BCUT2D eigenvalue weighted by Gasteiger charge is -1.98. The molecule has 2 N–H and O–H groups in total. The van der Waals surface area contributed by atoms with Crippen LogP contribution < -0.4 is 11.0 Å². The van der Waals surface area contributed by atoms with Crippen LogP contribution in [0.4, 0.5) is 0 Å². The third-order valence-corrected chi connectivity index (χ3v) is 2.86. The molecular formula is C10H10N2O2S. The lowest BCUT2D eigenvalue weighted by atomic mass is 10.1. The summed E-state index contributed by atoms with van der Waals surface area (Å²) in [4.78, 5) is 21.8. The van der Waals surface area contributed by atoms with Gasteiger partial charge in [-0.25, -0.2) is 0 Å². The van der Waals surface area contributed by atoms with E-state index in [2.05, 4.69) is 21.6 Å². The van der Waals surface area contributed by atoms with Gasteiger partial charge in [0, 0.05) is 11.8 Å². The third-order valence-electron chi connectivity index (χ3n) is 2.13. The minimum Gasteiger partial charge on any atom is -0.302 e. The van der Waals surface area contributed by atoms with Crippen molar-refractivity contribution in [3.8, 4) is 0 Å². The van der Waals surface area contributed by atoms with E-state index in [0.717, 1.165) is 18.5 Å². The first-order valence-electron chi connectivity index (χ1n) is 4.57. The normalized spacial score (nSPS) is 10.4. The Hall–Kier alpha value is -1.62. The summed E-state index contributed by atoms with van der Waals surface area (Å²) < 4.78 is 0. The quantitative estimate of drug-likeness (QED) is 0.758. The molecule has 2 rings (SSSR count). The number of hydrogen-bond donors (Lipinski definition) is 2. The fourth-order valence-electron chi connectivity index (χ4n) is 1.31. The minimum absolute atomic E-state index is 0.492. The highest BCUT2D eigenvalue weighted by Crippen LogP contribution is 2.08. The van der Waals surface area contributed by atoms with Gasteiger partial charge in [0.05, 0.1) is 0 Å². The predicted octanol–water partition coefficient (Wildman–Crippen LogP) is 0.910. The Balaban J connectivity index is 2.09. The number of rotatable bonds is 3. The van der Waals surface area contributed by atoms with Gasteiger partial charge >= 0.3 is 5.56 Å². The van der Waals surface area contributed by atoms with Crippen molar-refractivity contribution < 1.29 is 0 Å². The monoisotopic (exact) mass is 222 g/mol. The second-order valence-electron chi connectivity index (χ2n) is 3.24. The van der Waals surface area contributed by atoms with Gasteiger partial charge in [-0.05, 0) is 35.2 Å². The highest BCUT2D eigenvalue weighted by Gasteiger charge is 1.99. The van der Waals surface area contributed by atoms with E-state index in [1.54, 1.807) is 11.3 Å². The van der Waals surface area contributed by atoms with Crippen LogP contribution in [0.25, 0.3) is 0 Å². The van der Waals surface area contributed by atoms with Crippen LogP contribution in [0.5, 0.6) is 0 Å². The SMILES string of the molecule is O=c1cc(CCc2ccsc2)[nH][nH]c1=O. The fraction of sp³-hybridized carbons (Fsp3) is 0.200. The molecule has 0 bridgehead atoms. The van der Waals surface area contributed by atoms with E-state index in [-0.39, 0.29) is 0 Å². The number of aryl methyl sites for hydroxylation is 2. The molecule has 5 heteroatoms. The van der Waals surface area contributed by atoms with Crippen LogP contribution in [0.15, 0.2) is 32.5 Å². The van der Waals surface area contributed by atoms with Crippen molar-refractivity contribution in [2.24, 2.45) is 0 Å². The van der Waals surface area contributed by atoms with Gasteiger partial charge in [-0.3, -0.25) is 14.7 Å². The summed E-state index contributed by atoms with van der Waals surface area (Å²) >= 11 is 1.65. The molecule has 0 fully saturated rings. The van der Waals surface area contributed by atoms with Crippen molar-refractivity contribution in [3.63, 3.8) is 0 Å². The lowest BCUT2D eigenvalue weighted by molar-refractivity contribution is 0.840. The van der Waals surface area contributed by atoms with Gasteiger partial charge in [-0.1, -0.05) is 0 Å². The van der Waals surface area contributed by atoms with Crippen LogP contribution in [0.3, 0.4) is 0 Å². The molecule has 0 unspecified atom stereocenters. The van der Waals surface area contributed by atoms with Crippen LogP contribution in [0.2, 0.25) is 0 Å². The summed E-state index contributed by atoms with van der Waals surface area (Å²) in [6, 6.07) is 3.40. The molecule has 0 spiro atoms. The number of thiophene rings is 1. The van der Waals surface area contributed by atoms with E-state index in [1.165, 1.54) is 11.6 Å². The van der Waals surface area contributed by atoms with Gasteiger partial charge in [-0.15, -0.1) is 0 Å². The molecular weight excluding hydrogens is 212 g/mol. The summed E-state index contributed by atoms with van der Waals surface area (Å²) in [5.74, 6) is 0. The lowest BCUT2D eigenvalue weighted by Crippen LogP contribution is -2.27. The zero-order valence-corrected chi connectivity index (χ0v) is 8.76. The third kappa shape index (κ3) is 2.44. The zero-order chi connectivity index (χ0) is 10.7. The van der Waals surface area contributed by atoms with Crippen molar-refractivity contribution in [2.45, 2.75) is 12.8 Å². The molecule has 2 aromatic rings. The molecule has 15 heavy (non-hydrogen) atoms. The number of nitrogens with one attached hydrogen (secondary N) is 2. The van der Waals surface area contributed by atoms with Crippen molar-refractivity contribution in [3.05, 3.63) is 54.7 Å². The predicted molar refractivity (Wildman–Crippen MR) is 59.4 cm³/mol.